The van der Waals surface area contributed by atoms with Crippen molar-refractivity contribution in [3.8, 4) is 0 Å². The molecular formula is C6H8O3. The summed E-state index contributed by atoms with van der Waals surface area (Å²) < 4.78 is 5.19. The van der Waals surface area contributed by atoms with Crippen LogP contribution < -0.4 is 0 Å². The van der Waals surface area contributed by atoms with Gasteiger partial charge in [-0.25, -0.2) is 4.89 Å². The molecule has 0 N–H and O–H groups in total. The zero-order chi connectivity index (χ0) is 6.10. The topological polar surface area (TPSA) is 27.7 Å². The molecule has 1 fully saturated rings. The molecule has 2 rings (SSSR count). The van der Waals surface area contributed by atoms with Crippen molar-refractivity contribution >= 4 is 0 Å². The first-order chi connectivity index (χ1) is 4.45. The molecule has 2 aliphatic rings. The molecule has 2 unspecified atom stereocenters. The fraction of sp³-hybridized carbons (Fsp3) is 0.667. The van der Waals surface area contributed by atoms with E-state index in [4.69, 9.17) is 14.5 Å². The van der Waals surface area contributed by atoms with Crippen LogP contribution in [0.15, 0.2) is 12.2 Å². The smallest absolute Gasteiger partial charge is 0.213 e. The molecule has 2 heterocycles. The molecule has 50 valence electrons. The van der Waals surface area contributed by atoms with Gasteiger partial charge in [0.05, 0.1) is 0 Å². The van der Waals surface area contributed by atoms with Crippen LogP contribution in [0, 0.1) is 0 Å². The highest BCUT2D eigenvalue weighted by Gasteiger charge is 2.26. The number of hydrogen-bond donors (Lipinski definition) is 0. The highest BCUT2D eigenvalue weighted by Crippen LogP contribution is 2.21. The SMILES string of the molecule is C1=CC2OOC(CC1)O2. The maximum Gasteiger partial charge on any atom is 0.213 e. The third kappa shape index (κ3) is 0.986. The summed E-state index contributed by atoms with van der Waals surface area (Å²) in [5.74, 6) is 0. The molecule has 0 spiro atoms. The first-order valence-corrected chi connectivity index (χ1v) is 3.09. The van der Waals surface area contributed by atoms with Gasteiger partial charge in [-0.3, -0.25) is 0 Å². The Balaban J connectivity index is 2.10. The highest BCUT2D eigenvalue weighted by molar-refractivity contribution is 4.88. The van der Waals surface area contributed by atoms with E-state index in [1.807, 2.05) is 12.2 Å². The van der Waals surface area contributed by atoms with E-state index in [-0.39, 0.29) is 12.6 Å². The summed E-state index contributed by atoms with van der Waals surface area (Å²) in [5.41, 5.74) is 0. The maximum absolute atomic E-state index is 5.19. The van der Waals surface area contributed by atoms with Gasteiger partial charge in [0, 0.05) is 6.42 Å². The van der Waals surface area contributed by atoms with E-state index in [1.165, 1.54) is 0 Å². The third-order valence-corrected chi connectivity index (χ3v) is 1.41. The Morgan fingerprint density at radius 3 is 3.33 bits per heavy atom. The molecule has 2 bridgehead atoms. The van der Waals surface area contributed by atoms with Crippen molar-refractivity contribution in [2.24, 2.45) is 0 Å². The Kier molecular flexibility index (Phi) is 1.26. The largest absolute Gasteiger partial charge is 0.314 e. The lowest BCUT2D eigenvalue weighted by Crippen LogP contribution is -2.06. The summed E-state index contributed by atoms with van der Waals surface area (Å²) in [4.78, 5) is 9.53. The number of ether oxygens (including phenoxy) is 1. The molecule has 3 heteroatoms. The van der Waals surface area contributed by atoms with E-state index in [0.29, 0.717) is 0 Å². The lowest BCUT2D eigenvalue weighted by molar-refractivity contribution is -0.290. The second kappa shape index (κ2) is 2.10. The number of rotatable bonds is 0. The minimum atomic E-state index is -0.252. The number of hydrogen-bond acceptors (Lipinski definition) is 3. The van der Waals surface area contributed by atoms with Crippen LogP contribution in [0.3, 0.4) is 0 Å². The van der Waals surface area contributed by atoms with Crippen LogP contribution in [0.2, 0.25) is 0 Å². The maximum atomic E-state index is 5.19. The Morgan fingerprint density at radius 2 is 2.33 bits per heavy atom. The van der Waals surface area contributed by atoms with E-state index in [0.717, 1.165) is 12.8 Å². The molecule has 0 aromatic heterocycles. The quantitative estimate of drug-likeness (QED) is 0.359. The van der Waals surface area contributed by atoms with E-state index < -0.39 is 0 Å². The minimum absolute atomic E-state index is 0.134. The molecule has 2 atom stereocenters. The van der Waals surface area contributed by atoms with Crippen LogP contribution in [0.1, 0.15) is 12.8 Å². The van der Waals surface area contributed by atoms with E-state index in [2.05, 4.69) is 0 Å². The van der Waals surface area contributed by atoms with Crippen molar-refractivity contribution in [1.82, 2.24) is 0 Å². The monoisotopic (exact) mass is 128 g/mol. The standard InChI is InChI=1S/C6H8O3/c1-2-4-6-7-5(3-1)8-9-6/h1,3,5-6H,2,4H2. The molecule has 0 saturated carbocycles. The first-order valence-electron chi connectivity index (χ1n) is 3.09. The van der Waals surface area contributed by atoms with Crippen LogP contribution >= 0.6 is 0 Å². The molecular weight excluding hydrogens is 120 g/mol. The average molecular weight is 128 g/mol. The van der Waals surface area contributed by atoms with Gasteiger partial charge in [-0.2, -0.15) is 4.89 Å². The Bertz CT molecular complexity index is 132. The van der Waals surface area contributed by atoms with Crippen molar-refractivity contribution in [2.45, 2.75) is 25.4 Å². The van der Waals surface area contributed by atoms with Crippen molar-refractivity contribution in [3.05, 3.63) is 12.2 Å². The van der Waals surface area contributed by atoms with Gasteiger partial charge in [0.1, 0.15) is 0 Å². The van der Waals surface area contributed by atoms with E-state index in [1.54, 1.807) is 0 Å². The second-order valence-electron chi connectivity index (χ2n) is 2.13. The van der Waals surface area contributed by atoms with Gasteiger partial charge >= 0.3 is 0 Å². The molecule has 0 aromatic rings. The first kappa shape index (κ1) is 5.41. The van der Waals surface area contributed by atoms with E-state index in [9.17, 15) is 0 Å². The summed E-state index contributed by atoms with van der Waals surface area (Å²) in [5, 5.41) is 0. The Morgan fingerprint density at radius 1 is 1.33 bits per heavy atom. The minimum Gasteiger partial charge on any atom is -0.314 e. The van der Waals surface area contributed by atoms with Crippen LogP contribution in [-0.4, -0.2) is 12.6 Å². The molecule has 9 heavy (non-hydrogen) atoms. The summed E-state index contributed by atoms with van der Waals surface area (Å²) in [6.07, 6.45) is 5.44. The fourth-order valence-corrected chi connectivity index (χ4v) is 0.945. The predicted molar refractivity (Wildman–Crippen MR) is 29.2 cm³/mol. The summed E-state index contributed by atoms with van der Waals surface area (Å²) in [7, 11) is 0. The van der Waals surface area contributed by atoms with Crippen LogP contribution in [0.5, 0.6) is 0 Å². The van der Waals surface area contributed by atoms with Gasteiger partial charge in [-0.05, 0) is 12.5 Å². The normalized spacial score (nSPS) is 40.9. The number of allylic oxidation sites excluding steroid dienone is 1. The molecule has 0 aromatic carbocycles. The van der Waals surface area contributed by atoms with Crippen LogP contribution in [0.25, 0.3) is 0 Å². The fourth-order valence-electron chi connectivity index (χ4n) is 0.945. The van der Waals surface area contributed by atoms with Crippen molar-refractivity contribution < 1.29 is 14.5 Å². The highest BCUT2D eigenvalue weighted by atomic mass is 17.3. The van der Waals surface area contributed by atoms with Gasteiger partial charge in [0.15, 0.2) is 6.29 Å². The summed E-state index contributed by atoms with van der Waals surface area (Å²) in [6.45, 7) is 0. The van der Waals surface area contributed by atoms with Gasteiger partial charge in [-0.15, -0.1) is 0 Å². The van der Waals surface area contributed by atoms with Gasteiger partial charge in [0.25, 0.3) is 0 Å². The predicted octanol–water partition coefficient (Wildman–Crippen LogP) is 0.967. The zero-order valence-corrected chi connectivity index (χ0v) is 4.95. The van der Waals surface area contributed by atoms with Crippen LogP contribution in [-0.2, 0) is 14.5 Å². The molecule has 2 aliphatic heterocycles. The van der Waals surface area contributed by atoms with Crippen molar-refractivity contribution in [3.63, 3.8) is 0 Å². The van der Waals surface area contributed by atoms with Gasteiger partial charge in [0.2, 0.25) is 6.29 Å². The third-order valence-electron chi connectivity index (χ3n) is 1.41. The van der Waals surface area contributed by atoms with Crippen molar-refractivity contribution in [2.75, 3.05) is 0 Å². The van der Waals surface area contributed by atoms with E-state index >= 15 is 0 Å². The van der Waals surface area contributed by atoms with Gasteiger partial charge in [-0.1, -0.05) is 6.08 Å². The molecule has 0 amide bonds. The lowest BCUT2D eigenvalue weighted by atomic mass is 10.3. The average Bonchev–Trinajstić information content (AvgIpc) is 2.09. The molecule has 0 aliphatic carbocycles. The number of fused-ring (bicyclic) bond motifs is 2. The van der Waals surface area contributed by atoms with Crippen molar-refractivity contribution in [1.29, 1.82) is 0 Å². The van der Waals surface area contributed by atoms with Crippen LogP contribution in [0.4, 0.5) is 0 Å². The second-order valence-corrected chi connectivity index (χ2v) is 2.13. The van der Waals surface area contributed by atoms with Gasteiger partial charge < -0.3 is 4.74 Å². The Hall–Kier alpha value is -0.380. The molecule has 3 nitrogen and oxygen atoms in total. The molecule has 1 saturated heterocycles. The zero-order valence-electron chi connectivity index (χ0n) is 4.95. The molecule has 0 radical (unpaired) electrons. The summed E-state index contributed by atoms with van der Waals surface area (Å²) in [6, 6.07) is 0. The Labute approximate surface area is 53.1 Å². The lowest BCUT2D eigenvalue weighted by Gasteiger charge is -2.00. The summed E-state index contributed by atoms with van der Waals surface area (Å²) >= 11 is 0.